The summed E-state index contributed by atoms with van der Waals surface area (Å²) in [6, 6.07) is 13.2. The first-order valence-electron chi connectivity index (χ1n) is 19.1. The first-order chi connectivity index (χ1) is 23.2. The van der Waals surface area contributed by atoms with E-state index in [0.29, 0.717) is 0 Å². The van der Waals surface area contributed by atoms with Crippen LogP contribution in [0.3, 0.4) is 0 Å². The number of nitrogens with zero attached hydrogens (tertiary/aromatic N) is 1. The number of carbonyl (C=O) groups excluding carboxylic acids is 1. The molecule has 0 saturated carbocycles. The summed E-state index contributed by atoms with van der Waals surface area (Å²) in [6.07, 6.45) is 4.91. The molecule has 1 N–H and O–H groups in total. The van der Waals surface area contributed by atoms with E-state index in [0.717, 1.165) is 31.2 Å². The smallest absolute Gasteiger partial charge is 0.162 e. The topological polar surface area (TPSA) is 50.2 Å². The second-order valence-corrected chi connectivity index (χ2v) is 22.2. The fraction of sp³-hybridized carbons (Fsp3) is 0.522. The molecule has 1 heterocycles. The average Bonchev–Trinajstić information content (AvgIpc) is 3.01. The second kappa shape index (κ2) is 15.8. The van der Waals surface area contributed by atoms with Crippen LogP contribution in [0.25, 0.3) is 32.9 Å². The van der Waals surface area contributed by atoms with Gasteiger partial charge in [-0.1, -0.05) is 127 Å². The monoisotopic (exact) mass is 883 g/mol. The Morgan fingerprint density at radius 3 is 1.86 bits per heavy atom. The Bertz CT molecular complexity index is 1970. The summed E-state index contributed by atoms with van der Waals surface area (Å²) >= 11 is 0. The molecule has 0 bridgehead atoms. The third-order valence-electron chi connectivity index (χ3n) is 12.2. The van der Waals surface area contributed by atoms with E-state index in [1.54, 1.807) is 5.19 Å². The first kappa shape index (κ1) is 42.8. The molecule has 0 saturated heterocycles. The molecule has 4 aromatic rings. The molecule has 1 aliphatic carbocycles. The minimum absolute atomic E-state index is 0. The van der Waals surface area contributed by atoms with Crippen LogP contribution in [-0.2, 0) is 35.7 Å². The number of carbonyl (C=O) groups is 1. The minimum atomic E-state index is -1.74. The Morgan fingerprint density at radius 2 is 1.33 bits per heavy atom. The summed E-state index contributed by atoms with van der Waals surface area (Å²) in [4.78, 5) is 17.2. The quantitative estimate of drug-likeness (QED) is 0.0830. The SMILES string of the molecule is CCC(CC)C(=O)/C=C(\O)C(CC)CC.Cc1cc(C)c2c([Si](C)(C)C)c3c(nc2c1)-c1[c-]c2cc(C)c(C)cc2c(C)c1C(C)(C)C3(C)C.[Ir]. The van der Waals surface area contributed by atoms with Crippen molar-refractivity contribution >= 4 is 40.7 Å². The van der Waals surface area contributed by atoms with E-state index in [2.05, 4.69) is 112 Å². The van der Waals surface area contributed by atoms with Crippen LogP contribution in [0.4, 0.5) is 0 Å². The van der Waals surface area contributed by atoms with Gasteiger partial charge in [0.2, 0.25) is 0 Å². The molecule has 3 aromatic carbocycles. The Labute approximate surface area is 324 Å². The van der Waals surface area contributed by atoms with Gasteiger partial charge in [0.1, 0.15) is 0 Å². The predicted molar refractivity (Wildman–Crippen MR) is 220 cm³/mol. The van der Waals surface area contributed by atoms with E-state index < -0.39 is 8.07 Å². The summed E-state index contributed by atoms with van der Waals surface area (Å²) < 4.78 is 0. The van der Waals surface area contributed by atoms with Crippen LogP contribution in [-0.4, -0.2) is 23.9 Å². The Hall–Kier alpha value is -2.59. The molecule has 5 rings (SSSR count). The number of hydrogen-bond acceptors (Lipinski definition) is 3. The largest absolute Gasteiger partial charge is 0.512 e. The van der Waals surface area contributed by atoms with Crippen molar-refractivity contribution in [3.63, 3.8) is 0 Å². The fourth-order valence-corrected chi connectivity index (χ4v) is 10.7. The molecular formula is C46H64IrNO2Si-. The van der Waals surface area contributed by atoms with Crippen molar-refractivity contribution in [3.05, 3.63) is 81.1 Å². The Balaban J connectivity index is 0.000000374. The Kier molecular flexibility index (Phi) is 13.3. The molecule has 0 aliphatic heterocycles. The molecule has 1 aromatic heterocycles. The van der Waals surface area contributed by atoms with E-state index in [-0.39, 0.29) is 54.3 Å². The van der Waals surface area contributed by atoms with Gasteiger partial charge in [0.05, 0.1) is 19.3 Å². The van der Waals surface area contributed by atoms with E-state index in [1.807, 2.05) is 27.7 Å². The van der Waals surface area contributed by atoms with Gasteiger partial charge in [-0.2, -0.15) is 0 Å². The van der Waals surface area contributed by atoms with Crippen LogP contribution >= 0.6 is 0 Å². The number of ketones is 1. The van der Waals surface area contributed by atoms with Gasteiger partial charge in [0.25, 0.3) is 0 Å². The van der Waals surface area contributed by atoms with Crippen molar-refractivity contribution in [1.29, 1.82) is 0 Å². The fourth-order valence-electron chi connectivity index (χ4n) is 8.43. The summed E-state index contributed by atoms with van der Waals surface area (Å²) in [5, 5.41) is 15.3. The van der Waals surface area contributed by atoms with Gasteiger partial charge >= 0.3 is 0 Å². The van der Waals surface area contributed by atoms with Crippen LogP contribution in [0.5, 0.6) is 0 Å². The first-order valence-corrected chi connectivity index (χ1v) is 22.6. The van der Waals surface area contributed by atoms with Crippen molar-refractivity contribution in [2.75, 3.05) is 0 Å². The zero-order chi connectivity index (χ0) is 37.7. The van der Waals surface area contributed by atoms with E-state index >= 15 is 0 Å². The van der Waals surface area contributed by atoms with Crippen LogP contribution in [0.15, 0.2) is 36.1 Å². The molecule has 1 radical (unpaired) electrons. The summed E-state index contributed by atoms with van der Waals surface area (Å²) in [6.45, 7) is 36.6. The third-order valence-corrected chi connectivity index (χ3v) is 14.2. The van der Waals surface area contributed by atoms with Crippen molar-refractivity contribution < 1.29 is 30.0 Å². The van der Waals surface area contributed by atoms with Crippen LogP contribution in [0.1, 0.15) is 120 Å². The number of rotatable bonds is 8. The maximum atomic E-state index is 11.7. The van der Waals surface area contributed by atoms with Gasteiger partial charge in [-0.15, -0.1) is 23.1 Å². The van der Waals surface area contributed by atoms with E-state index in [4.69, 9.17) is 4.98 Å². The molecule has 5 heteroatoms. The van der Waals surface area contributed by atoms with Gasteiger partial charge in [0.15, 0.2) is 5.78 Å². The number of hydrogen-bond donors (Lipinski definition) is 1. The molecular weight excluding hydrogens is 819 g/mol. The molecule has 0 unspecified atom stereocenters. The number of pyridine rings is 1. The van der Waals surface area contributed by atoms with Crippen LogP contribution in [0, 0.1) is 52.5 Å². The minimum Gasteiger partial charge on any atom is -0.512 e. The summed E-state index contributed by atoms with van der Waals surface area (Å²) in [5.41, 5.74) is 13.0. The van der Waals surface area contributed by atoms with Gasteiger partial charge < -0.3 is 5.11 Å². The third kappa shape index (κ3) is 7.74. The number of aryl methyl sites for hydroxylation is 5. The van der Waals surface area contributed by atoms with Crippen molar-refractivity contribution in [2.24, 2.45) is 11.8 Å². The normalized spacial score (nSPS) is 15.0. The van der Waals surface area contributed by atoms with Crippen LogP contribution < -0.4 is 5.19 Å². The zero-order valence-electron chi connectivity index (χ0n) is 34.5. The number of fused-ring (bicyclic) bond motifs is 5. The maximum absolute atomic E-state index is 11.7. The maximum Gasteiger partial charge on any atom is 0.162 e. The summed E-state index contributed by atoms with van der Waals surface area (Å²) in [7, 11) is -1.74. The number of aliphatic hydroxyl groups excluding tert-OH is 1. The van der Waals surface area contributed by atoms with Gasteiger partial charge in [-0.3, -0.25) is 9.78 Å². The van der Waals surface area contributed by atoms with E-state index in [9.17, 15) is 9.90 Å². The van der Waals surface area contributed by atoms with E-state index in [1.165, 1.54) is 72.4 Å². The van der Waals surface area contributed by atoms with Crippen molar-refractivity contribution in [3.8, 4) is 11.3 Å². The molecule has 0 atom stereocenters. The molecule has 279 valence electrons. The molecule has 51 heavy (non-hydrogen) atoms. The van der Waals surface area contributed by atoms with Crippen LogP contribution in [0.2, 0.25) is 19.6 Å². The molecule has 3 nitrogen and oxygen atoms in total. The predicted octanol–water partition coefficient (Wildman–Crippen LogP) is 12.4. The standard InChI is InChI=1S/C33H40NSi.C13H24O2.Ir/c1-18-13-21(4)27-26(14-18)34-30-25-17-23-15-19(2)20(3)16-24(23)22(5)28(25)32(6,7)33(8,9)29(30)31(27)35(10,11)12;1-5-10(6-2)12(14)9-13(15)11(7-3)8-4;/h13-16H,1-12H3;9-11,14H,5-8H2,1-4H3;/q-1;;/b;12-9-;. The number of allylic oxidation sites excluding steroid dienone is 2. The van der Waals surface area contributed by atoms with Gasteiger partial charge in [-0.05, 0) is 87.0 Å². The number of benzene rings is 3. The van der Waals surface area contributed by atoms with Crippen molar-refractivity contribution in [1.82, 2.24) is 4.98 Å². The number of aliphatic hydroxyl groups is 1. The van der Waals surface area contributed by atoms with Gasteiger partial charge in [-0.25, -0.2) is 0 Å². The molecule has 0 spiro atoms. The molecule has 0 fully saturated rings. The molecule has 1 aliphatic rings. The number of aromatic nitrogens is 1. The average molecular weight is 883 g/mol. The van der Waals surface area contributed by atoms with Crippen molar-refractivity contribution in [2.45, 2.75) is 146 Å². The second-order valence-electron chi connectivity index (χ2n) is 17.2. The zero-order valence-corrected chi connectivity index (χ0v) is 37.9. The Morgan fingerprint density at radius 1 is 0.804 bits per heavy atom. The van der Waals surface area contributed by atoms with Gasteiger partial charge in [0, 0.05) is 49.1 Å². The molecule has 0 amide bonds. The summed E-state index contributed by atoms with van der Waals surface area (Å²) in [5.74, 6) is 0.547.